The zero-order valence-corrected chi connectivity index (χ0v) is 18.1. The summed E-state index contributed by atoms with van der Waals surface area (Å²) in [4.78, 5) is 11.5. The van der Waals surface area contributed by atoms with E-state index in [9.17, 15) is 0 Å². The number of aliphatic imine (C=N–C) groups is 1. The maximum atomic E-state index is 4.65. The Bertz CT molecular complexity index is 900. The van der Waals surface area contributed by atoms with Crippen molar-refractivity contribution < 1.29 is 0 Å². The Kier molecular flexibility index (Phi) is 6.36. The minimum absolute atomic E-state index is 0. The van der Waals surface area contributed by atoms with Crippen LogP contribution in [0.1, 0.15) is 29.2 Å². The second-order valence-electron chi connectivity index (χ2n) is 6.89. The maximum absolute atomic E-state index is 4.65. The van der Waals surface area contributed by atoms with Crippen LogP contribution in [0.4, 0.5) is 0 Å². The van der Waals surface area contributed by atoms with Gasteiger partial charge in [-0.1, -0.05) is 30.3 Å². The standard InChI is InChI=1S/C21H25N5.HI/c1-16-7-3-4-8-19(16)17-10-12-26(14-17)21(22-2)23-13-18-15-25-11-6-5-9-20(25)24-18;/h3-9,11,15,17H,10,12-14H2,1-2H3,(H,22,23);1H. The fraction of sp³-hybridized carbons (Fsp3) is 0.333. The van der Waals surface area contributed by atoms with Crippen molar-refractivity contribution in [2.75, 3.05) is 20.1 Å². The van der Waals surface area contributed by atoms with E-state index in [0.717, 1.165) is 30.4 Å². The highest BCUT2D eigenvalue weighted by atomic mass is 127. The van der Waals surface area contributed by atoms with Crippen molar-refractivity contribution >= 4 is 35.6 Å². The smallest absolute Gasteiger partial charge is 0.193 e. The fourth-order valence-electron chi connectivity index (χ4n) is 3.83. The lowest BCUT2D eigenvalue weighted by Crippen LogP contribution is -2.39. The highest BCUT2D eigenvalue weighted by Crippen LogP contribution is 2.29. The van der Waals surface area contributed by atoms with Crippen molar-refractivity contribution in [3.05, 3.63) is 71.7 Å². The van der Waals surface area contributed by atoms with Gasteiger partial charge in [0, 0.05) is 38.4 Å². The molecule has 1 aliphatic heterocycles. The molecule has 0 radical (unpaired) electrons. The van der Waals surface area contributed by atoms with Crippen LogP contribution >= 0.6 is 24.0 Å². The Hall–Kier alpha value is -2.09. The molecule has 1 atom stereocenters. The van der Waals surface area contributed by atoms with Gasteiger partial charge in [-0.05, 0) is 36.6 Å². The minimum Gasteiger partial charge on any atom is -0.351 e. The van der Waals surface area contributed by atoms with Crippen LogP contribution in [0, 0.1) is 6.92 Å². The topological polar surface area (TPSA) is 44.9 Å². The second-order valence-corrected chi connectivity index (χ2v) is 6.89. The van der Waals surface area contributed by atoms with E-state index in [4.69, 9.17) is 0 Å². The number of hydrogen-bond acceptors (Lipinski definition) is 2. The molecule has 1 unspecified atom stereocenters. The van der Waals surface area contributed by atoms with Crippen LogP contribution in [0.5, 0.6) is 0 Å². The molecule has 5 nitrogen and oxygen atoms in total. The molecule has 3 aromatic rings. The lowest BCUT2D eigenvalue weighted by molar-refractivity contribution is 0.485. The first-order valence-electron chi connectivity index (χ1n) is 9.18. The number of pyridine rings is 1. The molecule has 4 rings (SSSR count). The summed E-state index contributed by atoms with van der Waals surface area (Å²) in [6.07, 6.45) is 5.25. The van der Waals surface area contributed by atoms with E-state index in [0.29, 0.717) is 12.5 Å². The van der Waals surface area contributed by atoms with Gasteiger partial charge < -0.3 is 14.6 Å². The number of hydrogen-bond donors (Lipinski definition) is 1. The number of aryl methyl sites for hydroxylation is 1. The molecule has 1 N–H and O–H groups in total. The summed E-state index contributed by atoms with van der Waals surface area (Å²) in [6, 6.07) is 14.8. The Morgan fingerprint density at radius 3 is 2.81 bits per heavy atom. The van der Waals surface area contributed by atoms with Gasteiger partial charge in [-0.15, -0.1) is 24.0 Å². The lowest BCUT2D eigenvalue weighted by Gasteiger charge is -2.21. The Labute approximate surface area is 177 Å². The monoisotopic (exact) mass is 475 g/mol. The van der Waals surface area contributed by atoms with Crippen LogP contribution in [-0.2, 0) is 6.54 Å². The van der Waals surface area contributed by atoms with Crippen molar-refractivity contribution in [2.45, 2.75) is 25.8 Å². The molecule has 0 spiro atoms. The summed E-state index contributed by atoms with van der Waals surface area (Å²) in [5.74, 6) is 1.53. The van der Waals surface area contributed by atoms with E-state index < -0.39 is 0 Å². The molecule has 1 aliphatic rings. The van der Waals surface area contributed by atoms with E-state index in [-0.39, 0.29) is 24.0 Å². The Morgan fingerprint density at radius 2 is 2.04 bits per heavy atom. The van der Waals surface area contributed by atoms with E-state index in [2.05, 4.69) is 57.6 Å². The van der Waals surface area contributed by atoms with Crippen LogP contribution in [-0.4, -0.2) is 40.4 Å². The molecule has 1 fully saturated rings. The highest BCUT2D eigenvalue weighted by Gasteiger charge is 2.26. The van der Waals surface area contributed by atoms with Gasteiger partial charge in [0.2, 0.25) is 0 Å². The van der Waals surface area contributed by atoms with Crippen molar-refractivity contribution in [3.8, 4) is 0 Å². The first kappa shape index (κ1) is 19.7. The molecule has 0 amide bonds. The molecule has 0 saturated carbocycles. The third-order valence-electron chi connectivity index (χ3n) is 5.17. The van der Waals surface area contributed by atoms with Crippen molar-refractivity contribution in [1.29, 1.82) is 0 Å². The SMILES string of the molecule is CN=C(NCc1cn2ccccc2n1)N1CCC(c2ccccc2C)C1.I. The zero-order valence-electron chi connectivity index (χ0n) is 15.8. The van der Waals surface area contributed by atoms with Crippen molar-refractivity contribution in [3.63, 3.8) is 0 Å². The number of guanidine groups is 1. The number of nitrogens with zero attached hydrogens (tertiary/aromatic N) is 4. The Morgan fingerprint density at radius 1 is 1.22 bits per heavy atom. The van der Waals surface area contributed by atoms with E-state index in [1.165, 1.54) is 17.5 Å². The van der Waals surface area contributed by atoms with Crippen molar-refractivity contribution in [2.24, 2.45) is 4.99 Å². The predicted molar refractivity (Wildman–Crippen MR) is 121 cm³/mol. The summed E-state index contributed by atoms with van der Waals surface area (Å²) < 4.78 is 2.05. The number of halogens is 1. The molecule has 1 aromatic carbocycles. The second kappa shape index (κ2) is 8.73. The first-order chi connectivity index (χ1) is 12.7. The number of likely N-dealkylation sites (tertiary alicyclic amines) is 1. The summed E-state index contributed by atoms with van der Waals surface area (Å²) >= 11 is 0. The van der Waals surface area contributed by atoms with Gasteiger partial charge >= 0.3 is 0 Å². The largest absolute Gasteiger partial charge is 0.351 e. The van der Waals surface area contributed by atoms with Crippen LogP contribution in [0.25, 0.3) is 5.65 Å². The summed E-state index contributed by atoms with van der Waals surface area (Å²) in [5.41, 5.74) is 4.84. The van der Waals surface area contributed by atoms with Gasteiger partial charge in [-0.2, -0.15) is 0 Å². The van der Waals surface area contributed by atoms with Crippen molar-refractivity contribution in [1.82, 2.24) is 19.6 Å². The van der Waals surface area contributed by atoms with Gasteiger partial charge in [0.25, 0.3) is 0 Å². The number of imidazole rings is 1. The minimum atomic E-state index is 0. The van der Waals surface area contributed by atoms with Crippen LogP contribution in [0.3, 0.4) is 0 Å². The lowest BCUT2D eigenvalue weighted by atomic mass is 9.94. The number of nitrogens with one attached hydrogen (secondary N) is 1. The molecular formula is C21H26IN5. The summed E-state index contributed by atoms with van der Waals surface area (Å²) in [6.45, 7) is 4.92. The van der Waals surface area contributed by atoms with Crippen LogP contribution in [0.2, 0.25) is 0 Å². The van der Waals surface area contributed by atoms with Gasteiger partial charge in [0.1, 0.15) is 5.65 Å². The highest BCUT2D eigenvalue weighted by molar-refractivity contribution is 14.0. The number of benzene rings is 1. The van der Waals surface area contributed by atoms with Gasteiger partial charge in [0.05, 0.1) is 12.2 Å². The molecule has 3 heterocycles. The van der Waals surface area contributed by atoms with E-state index >= 15 is 0 Å². The quantitative estimate of drug-likeness (QED) is 0.356. The van der Waals surface area contributed by atoms with E-state index in [1.54, 1.807) is 0 Å². The Balaban J connectivity index is 0.00000210. The van der Waals surface area contributed by atoms with Gasteiger partial charge in [-0.3, -0.25) is 4.99 Å². The summed E-state index contributed by atoms with van der Waals surface area (Å²) in [7, 11) is 1.85. The molecule has 142 valence electrons. The third kappa shape index (κ3) is 4.26. The maximum Gasteiger partial charge on any atom is 0.193 e. The molecule has 27 heavy (non-hydrogen) atoms. The normalized spacial score (nSPS) is 17.2. The first-order valence-corrected chi connectivity index (χ1v) is 9.18. The average Bonchev–Trinajstić information content (AvgIpc) is 3.29. The molecule has 0 aliphatic carbocycles. The van der Waals surface area contributed by atoms with Gasteiger partial charge in [-0.25, -0.2) is 4.98 Å². The fourth-order valence-corrected chi connectivity index (χ4v) is 3.83. The predicted octanol–water partition coefficient (Wildman–Crippen LogP) is 3.83. The number of fused-ring (bicyclic) bond motifs is 1. The molecule has 2 aromatic heterocycles. The summed E-state index contributed by atoms with van der Waals surface area (Å²) in [5, 5.41) is 3.48. The number of rotatable bonds is 3. The average molecular weight is 475 g/mol. The number of aromatic nitrogens is 2. The van der Waals surface area contributed by atoms with Crippen LogP contribution in [0.15, 0.2) is 59.9 Å². The zero-order chi connectivity index (χ0) is 17.9. The molecule has 6 heteroatoms. The van der Waals surface area contributed by atoms with E-state index in [1.807, 2.05) is 35.8 Å². The third-order valence-corrected chi connectivity index (χ3v) is 5.17. The van der Waals surface area contributed by atoms with Gasteiger partial charge in [0.15, 0.2) is 5.96 Å². The molecule has 0 bridgehead atoms. The molecular weight excluding hydrogens is 449 g/mol. The molecule has 1 saturated heterocycles. The van der Waals surface area contributed by atoms with Crippen LogP contribution < -0.4 is 5.32 Å².